The van der Waals surface area contributed by atoms with Crippen LogP contribution in [0.3, 0.4) is 0 Å². The standard InChI is InChI=1S/C34H29ClF3N7OS/c1-17-9-19-13-41-7-5-18(19)14-45(17)32-22-10-24(35)27(21-3-4-25(37)30-26(21)23(12-39)31(40)47-30)28(38)29(22)42-33(43-32)46-16-34-6-2-8-44(34)15-20(36)11-34/h3-5,7,10,13,17,20H,2,6,8-9,11,14-16,40H2,1H3/t17?,20-,34+/m1/s1. The Balaban J connectivity index is 1.31. The number of ether oxygens (including phenoxy) is 1. The predicted molar refractivity (Wildman–Crippen MR) is 177 cm³/mol. The van der Waals surface area contributed by atoms with E-state index in [9.17, 15) is 14.0 Å². The minimum absolute atomic E-state index is 0.0299. The van der Waals surface area contributed by atoms with Gasteiger partial charge in [-0.3, -0.25) is 9.88 Å². The number of thiophene rings is 1. The molecule has 13 heteroatoms. The Labute approximate surface area is 277 Å². The highest BCUT2D eigenvalue weighted by molar-refractivity contribution is 7.23. The number of nitrogens with zero attached hydrogens (tertiary/aromatic N) is 6. The van der Waals surface area contributed by atoms with Crippen LogP contribution in [0.5, 0.6) is 6.01 Å². The number of halogens is 4. The molecule has 0 aliphatic carbocycles. The van der Waals surface area contributed by atoms with Gasteiger partial charge in [-0.1, -0.05) is 17.7 Å². The van der Waals surface area contributed by atoms with Crippen LogP contribution in [0.4, 0.5) is 24.0 Å². The number of hydrogen-bond donors (Lipinski definition) is 1. The minimum atomic E-state index is -0.935. The summed E-state index contributed by atoms with van der Waals surface area (Å²) in [5, 5.41) is 10.6. The molecule has 3 aliphatic heterocycles. The largest absolute Gasteiger partial charge is 0.461 e. The number of nitrogen functional groups attached to an aromatic ring is 1. The van der Waals surface area contributed by atoms with Gasteiger partial charge in [0.1, 0.15) is 41.0 Å². The third kappa shape index (κ3) is 4.78. The highest BCUT2D eigenvalue weighted by Crippen LogP contribution is 2.46. The van der Waals surface area contributed by atoms with Crippen molar-refractivity contribution in [2.75, 3.05) is 30.3 Å². The van der Waals surface area contributed by atoms with Crippen LogP contribution >= 0.6 is 22.9 Å². The second kappa shape index (κ2) is 11.2. The van der Waals surface area contributed by atoms with E-state index in [2.05, 4.69) is 26.7 Å². The van der Waals surface area contributed by atoms with Crippen LogP contribution in [-0.4, -0.2) is 57.3 Å². The summed E-state index contributed by atoms with van der Waals surface area (Å²) in [6.07, 6.45) is 5.46. The van der Waals surface area contributed by atoms with Crippen molar-refractivity contribution in [1.82, 2.24) is 19.9 Å². The van der Waals surface area contributed by atoms with E-state index in [1.54, 1.807) is 12.3 Å². The molecule has 0 bridgehead atoms. The first-order valence-corrected chi connectivity index (χ1v) is 16.7. The maximum absolute atomic E-state index is 17.0. The molecule has 0 saturated carbocycles. The van der Waals surface area contributed by atoms with Crippen LogP contribution in [0.15, 0.2) is 36.7 Å². The van der Waals surface area contributed by atoms with Gasteiger partial charge in [0.25, 0.3) is 0 Å². The smallest absolute Gasteiger partial charge is 0.319 e. The number of pyridine rings is 1. The first kappa shape index (κ1) is 30.2. The van der Waals surface area contributed by atoms with Crippen LogP contribution in [0.1, 0.15) is 42.9 Å². The molecule has 0 spiro atoms. The molecule has 47 heavy (non-hydrogen) atoms. The van der Waals surface area contributed by atoms with E-state index in [1.807, 2.05) is 18.3 Å². The van der Waals surface area contributed by atoms with Crippen molar-refractivity contribution in [1.29, 1.82) is 5.26 Å². The second-order valence-corrected chi connectivity index (χ2v) is 14.2. The lowest BCUT2D eigenvalue weighted by Gasteiger charge is -2.36. The van der Waals surface area contributed by atoms with Crippen molar-refractivity contribution in [3.05, 3.63) is 70.0 Å². The highest BCUT2D eigenvalue weighted by atomic mass is 35.5. The first-order chi connectivity index (χ1) is 22.7. The normalized spacial score (nSPS) is 22.5. The van der Waals surface area contributed by atoms with Gasteiger partial charge in [-0.25, -0.2) is 13.2 Å². The summed E-state index contributed by atoms with van der Waals surface area (Å²) in [6, 6.07) is 8.16. The van der Waals surface area contributed by atoms with Gasteiger partial charge >= 0.3 is 6.01 Å². The molecule has 6 heterocycles. The fraction of sp³-hybridized carbons (Fsp3) is 0.353. The zero-order valence-electron chi connectivity index (χ0n) is 25.4. The summed E-state index contributed by atoms with van der Waals surface area (Å²) in [7, 11) is 0. The molecular weight excluding hydrogens is 647 g/mol. The average molecular weight is 676 g/mol. The van der Waals surface area contributed by atoms with E-state index < -0.39 is 23.3 Å². The number of hydrogen-bond acceptors (Lipinski definition) is 9. The topological polar surface area (TPSA) is 104 Å². The summed E-state index contributed by atoms with van der Waals surface area (Å²) >= 11 is 7.80. The monoisotopic (exact) mass is 675 g/mol. The minimum Gasteiger partial charge on any atom is -0.461 e. The SMILES string of the molecule is CC1Cc2cnccc2CN1c1nc(OC[C@@]23CCCN2C[C@H](F)C3)nc2c(F)c(-c3ccc(F)c4sc(N)c(C#N)c34)c(Cl)cc12. The van der Waals surface area contributed by atoms with Gasteiger partial charge in [-0.05, 0) is 67.6 Å². The fourth-order valence-corrected chi connectivity index (χ4v) is 8.94. The molecule has 5 aromatic rings. The molecular formula is C34H29ClF3N7OS. The number of nitrogens with two attached hydrogens (primary N) is 1. The molecule has 8 rings (SSSR count). The maximum Gasteiger partial charge on any atom is 0.319 e. The van der Waals surface area contributed by atoms with Crippen molar-refractivity contribution in [2.45, 2.75) is 56.9 Å². The lowest BCUT2D eigenvalue weighted by atomic mass is 9.95. The van der Waals surface area contributed by atoms with Gasteiger partial charge in [0, 0.05) is 54.3 Å². The number of rotatable bonds is 5. The molecule has 8 nitrogen and oxygen atoms in total. The van der Waals surface area contributed by atoms with Crippen LogP contribution in [-0.2, 0) is 13.0 Å². The molecule has 2 saturated heterocycles. The van der Waals surface area contributed by atoms with Crippen LogP contribution in [0.25, 0.3) is 32.1 Å². The Kier molecular flexibility index (Phi) is 7.20. The van der Waals surface area contributed by atoms with Crippen molar-refractivity contribution in [2.24, 2.45) is 0 Å². The summed E-state index contributed by atoms with van der Waals surface area (Å²) in [5.74, 6) is -0.885. The predicted octanol–water partition coefficient (Wildman–Crippen LogP) is 7.20. The zero-order chi connectivity index (χ0) is 32.6. The molecule has 0 amide bonds. The summed E-state index contributed by atoms with van der Waals surface area (Å²) in [5.41, 5.74) is 8.03. The number of alkyl halides is 1. The van der Waals surface area contributed by atoms with E-state index in [1.165, 1.54) is 12.1 Å². The number of aromatic nitrogens is 3. The molecule has 0 radical (unpaired) electrons. The highest BCUT2D eigenvalue weighted by Gasteiger charge is 2.49. The van der Waals surface area contributed by atoms with Crippen molar-refractivity contribution in [3.8, 4) is 23.2 Å². The summed E-state index contributed by atoms with van der Waals surface area (Å²) in [6.45, 7) is 3.89. The number of benzene rings is 2. The van der Waals surface area contributed by atoms with E-state index >= 15 is 4.39 Å². The Morgan fingerprint density at radius 3 is 2.91 bits per heavy atom. The van der Waals surface area contributed by atoms with Crippen molar-refractivity contribution in [3.63, 3.8) is 0 Å². The molecule has 3 aliphatic rings. The molecule has 3 aromatic heterocycles. The van der Waals surface area contributed by atoms with Gasteiger partial charge in [-0.15, -0.1) is 11.3 Å². The Morgan fingerprint density at radius 1 is 1.23 bits per heavy atom. The van der Waals surface area contributed by atoms with Crippen LogP contribution in [0.2, 0.25) is 5.02 Å². The number of nitriles is 1. The molecule has 2 N–H and O–H groups in total. The summed E-state index contributed by atoms with van der Waals surface area (Å²) < 4.78 is 52.9. The number of anilines is 2. The van der Waals surface area contributed by atoms with Crippen molar-refractivity contribution >= 4 is 54.7 Å². The summed E-state index contributed by atoms with van der Waals surface area (Å²) in [4.78, 5) is 17.9. The second-order valence-electron chi connectivity index (χ2n) is 12.7. The quantitative estimate of drug-likeness (QED) is 0.209. The van der Waals surface area contributed by atoms with E-state index in [0.29, 0.717) is 37.1 Å². The average Bonchev–Trinajstić information content (AvgIpc) is 3.70. The fourth-order valence-electron chi connectivity index (χ4n) is 7.69. The Hall–Kier alpha value is -4.18. The molecule has 3 atom stereocenters. The van der Waals surface area contributed by atoms with E-state index in [4.69, 9.17) is 27.1 Å². The van der Waals surface area contributed by atoms with Gasteiger partial charge in [-0.2, -0.15) is 15.2 Å². The maximum atomic E-state index is 17.0. The van der Waals surface area contributed by atoms with Gasteiger partial charge in [0.05, 0.1) is 20.8 Å². The van der Waals surface area contributed by atoms with Gasteiger partial charge in [0.15, 0.2) is 5.82 Å². The van der Waals surface area contributed by atoms with Crippen LogP contribution < -0.4 is 15.4 Å². The third-order valence-corrected chi connectivity index (χ3v) is 11.3. The Morgan fingerprint density at radius 2 is 2.09 bits per heavy atom. The molecule has 2 fully saturated rings. The zero-order valence-corrected chi connectivity index (χ0v) is 26.9. The van der Waals surface area contributed by atoms with E-state index in [-0.39, 0.29) is 61.0 Å². The Bertz CT molecular complexity index is 2140. The molecule has 1 unspecified atom stereocenters. The lowest BCUT2D eigenvalue weighted by molar-refractivity contribution is 0.107. The van der Waals surface area contributed by atoms with Crippen molar-refractivity contribution < 1.29 is 17.9 Å². The lowest BCUT2D eigenvalue weighted by Crippen LogP contribution is -2.43. The molecule has 2 aromatic carbocycles. The van der Waals surface area contributed by atoms with Crippen LogP contribution in [0, 0.1) is 23.0 Å². The molecule has 240 valence electrons. The van der Waals surface area contributed by atoms with E-state index in [0.717, 1.165) is 41.9 Å². The van der Waals surface area contributed by atoms with Gasteiger partial charge < -0.3 is 15.4 Å². The third-order valence-electron chi connectivity index (χ3n) is 9.94. The van der Waals surface area contributed by atoms with Gasteiger partial charge in [0.2, 0.25) is 0 Å². The first-order valence-electron chi connectivity index (χ1n) is 15.5. The number of fused-ring (bicyclic) bond motifs is 4.